The highest BCUT2D eigenvalue weighted by atomic mass is 19.1. The van der Waals surface area contributed by atoms with Crippen molar-refractivity contribution in [3.05, 3.63) is 47.8 Å². The number of primary amides is 1. The standard InChI is InChI=1S/C14H14FN3O2/c1-20-13-7-9(3-4-11(13)15)18-12-5-2-8(16)6-10(12)14(17)19/h2-7,18H,16H2,1H3,(H2,17,19). The predicted molar refractivity (Wildman–Crippen MR) is 75.6 cm³/mol. The number of amides is 1. The molecule has 0 saturated heterocycles. The second-order valence-corrected chi connectivity index (χ2v) is 4.14. The summed E-state index contributed by atoms with van der Waals surface area (Å²) in [4.78, 5) is 11.4. The minimum atomic E-state index is -0.603. The van der Waals surface area contributed by atoms with E-state index in [0.717, 1.165) is 0 Å². The summed E-state index contributed by atoms with van der Waals surface area (Å²) in [6.45, 7) is 0. The van der Waals surface area contributed by atoms with Crippen molar-refractivity contribution in [1.82, 2.24) is 0 Å². The molecule has 104 valence electrons. The van der Waals surface area contributed by atoms with Gasteiger partial charge in [0.25, 0.3) is 5.91 Å². The molecule has 0 fully saturated rings. The first kappa shape index (κ1) is 13.7. The summed E-state index contributed by atoms with van der Waals surface area (Å²) in [5.74, 6) is -0.967. The summed E-state index contributed by atoms with van der Waals surface area (Å²) >= 11 is 0. The Morgan fingerprint density at radius 1 is 1.25 bits per heavy atom. The second kappa shape index (κ2) is 5.48. The molecule has 2 rings (SSSR count). The third-order valence-electron chi connectivity index (χ3n) is 2.74. The van der Waals surface area contributed by atoms with Crippen LogP contribution in [0.1, 0.15) is 10.4 Å². The molecule has 0 aliphatic heterocycles. The maximum Gasteiger partial charge on any atom is 0.250 e. The van der Waals surface area contributed by atoms with E-state index < -0.39 is 11.7 Å². The molecule has 1 amide bonds. The first-order valence-electron chi connectivity index (χ1n) is 5.81. The van der Waals surface area contributed by atoms with Gasteiger partial charge in [-0.3, -0.25) is 4.79 Å². The maximum absolute atomic E-state index is 13.3. The van der Waals surface area contributed by atoms with Crippen LogP contribution in [0.25, 0.3) is 0 Å². The van der Waals surface area contributed by atoms with Crippen LogP contribution in [0.4, 0.5) is 21.5 Å². The molecule has 0 bridgehead atoms. The molecular weight excluding hydrogens is 261 g/mol. The number of rotatable bonds is 4. The van der Waals surface area contributed by atoms with E-state index >= 15 is 0 Å². The summed E-state index contributed by atoms with van der Waals surface area (Å²) in [5.41, 5.74) is 12.7. The minimum Gasteiger partial charge on any atom is -0.494 e. The zero-order chi connectivity index (χ0) is 14.7. The molecule has 2 aromatic carbocycles. The number of nitrogen functional groups attached to an aromatic ring is 1. The molecular formula is C14H14FN3O2. The molecule has 0 aliphatic rings. The van der Waals surface area contributed by atoms with E-state index in [9.17, 15) is 9.18 Å². The highest BCUT2D eigenvalue weighted by molar-refractivity contribution is 6.00. The van der Waals surface area contributed by atoms with Gasteiger partial charge < -0.3 is 21.5 Å². The SMILES string of the molecule is COc1cc(Nc2ccc(N)cc2C(N)=O)ccc1F. The number of halogens is 1. The Balaban J connectivity index is 2.37. The molecule has 0 atom stereocenters. The normalized spacial score (nSPS) is 10.1. The van der Waals surface area contributed by atoms with Gasteiger partial charge in [0.2, 0.25) is 0 Å². The van der Waals surface area contributed by atoms with Crippen LogP contribution in [0.2, 0.25) is 0 Å². The Bertz CT molecular complexity index is 659. The molecule has 0 aliphatic carbocycles. The number of hydrogen-bond donors (Lipinski definition) is 3. The van der Waals surface area contributed by atoms with Crippen LogP contribution in [0.15, 0.2) is 36.4 Å². The van der Waals surface area contributed by atoms with E-state index in [4.69, 9.17) is 16.2 Å². The summed E-state index contributed by atoms with van der Waals surface area (Å²) < 4.78 is 18.2. The summed E-state index contributed by atoms with van der Waals surface area (Å²) in [5, 5.41) is 2.98. The molecule has 0 aromatic heterocycles. The van der Waals surface area contributed by atoms with E-state index in [-0.39, 0.29) is 11.3 Å². The van der Waals surface area contributed by atoms with Crippen LogP contribution < -0.4 is 21.5 Å². The monoisotopic (exact) mass is 275 g/mol. The van der Waals surface area contributed by atoms with Gasteiger partial charge in [0.05, 0.1) is 18.4 Å². The number of nitrogens with two attached hydrogens (primary N) is 2. The van der Waals surface area contributed by atoms with Crippen molar-refractivity contribution in [3.8, 4) is 5.75 Å². The number of ether oxygens (including phenoxy) is 1. The van der Waals surface area contributed by atoms with E-state index in [1.165, 1.54) is 31.4 Å². The molecule has 2 aromatic rings. The van der Waals surface area contributed by atoms with Gasteiger partial charge in [-0.25, -0.2) is 4.39 Å². The molecule has 0 radical (unpaired) electrons. The lowest BCUT2D eigenvalue weighted by molar-refractivity contribution is 0.100. The third kappa shape index (κ3) is 2.80. The fourth-order valence-electron chi connectivity index (χ4n) is 1.77. The Morgan fingerprint density at radius 2 is 2.00 bits per heavy atom. The third-order valence-corrected chi connectivity index (χ3v) is 2.74. The largest absolute Gasteiger partial charge is 0.494 e. The van der Waals surface area contributed by atoms with E-state index in [0.29, 0.717) is 17.1 Å². The molecule has 6 heteroatoms. The van der Waals surface area contributed by atoms with E-state index in [1.807, 2.05) is 0 Å². The van der Waals surface area contributed by atoms with Gasteiger partial charge in [0.1, 0.15) is 0 Å². The van der Waals surface area contributed by atoms with Crippen LogP contribution in [0.5, 0.6) is 5.75 Å². The average Bonchev–Trinajstić information content (AvgIpc) is 2.42. The van der Waals surface area contributed by atoms with Crippen molar-refractivity contribution in [2.75, 3.05) is 18.2 Å². The molecule has 0 saturated carbocycles. The molecule has 5 nitrogen and oxygen atoms in total. The van der Waals surface area contributed by atoms with Crippen molar-refractivity contribution in [2.24, 2.45) is 5.73 Å². The number of benzene rings is 2. The smallest absolute Gasteiger partial charge is 0.250 e. The summed E-state index contributed by atoms with van der Waals surface area (Å²) in [7, 11) is 1.38. The van der Waals surface area contributed by atoms with E-state index in [1.54, 1.807) is 12.1 Å². The van der Waals surface area contributed by atoms with Gasteiger partial charge in [-0.05, 0) is 30.3 Å². The number of anilines is 3. The average molecular weight is 275 g/mol. The van der Waals surface area contributed by atoms with Crippen LogP contribution in [0, 0.1) is 5.82 Å². The minimum absolute atomic E-state index is 0.103. The van der Waals surface area contributed by atoms with Gasteiger partial charge in [0.15, 0.2) is 11.6 Å². The first-order chi connectivity index (χ1) is 9.51. The van der Waals surface area contributed by atoms with Gasteiger partial charge in [-0.15, -0.1) is 0 Å². The fraction of sp³-hybridized carbons (Fsp3) is 0.0714. The van der Waals surface area contributed by atoms with Gasteiger partial charge in [-0.1, -0.05) is 0 Å². The van der Waals surface area contributed by atoms with E-state index in [2.05, 4.69) is 5.32 Å². The highest BCUT2D eigenvalue weighted by Crippen LogP contribution is 2.27. The molecule has 0 heterocycles. The lowest BCUT2D eigenvalue weighted by Gasteiger charge is -2.12. The van der Waals surface area contributed by atoms with Crippen molar-refractivity contribution in [2.45, 2.75) is 0 Å². The molecule has 0 unspecified atom stereocenters. The van der Waals surface area contributed by atoms with Gasteiger partial charge >= 0.3 is 0 Å². The second-order valence-electron chi connectivity index (χ2n) is 4.14. The van der Waals surface area contributed by atoms with Crippen molar-refractivity contribution >= 4 is 23.0 Å². The predicted octanol–water partition coefficient (Wildman–Crippen LogP) is 2.26. The van der Waals surface area contributed by atoms with Crippen molar-refractivity contribution < 1.29 is 13.9 Å². The van der Waals surface area contributed by atoms with Gasteiger partial charge in [-0.2, -0.15) is 0 Å². The first-order valence-corrected chi connectivity index (χ1v) is 5.81. The zero-order valence-electron chi connectivity index (χ0n) is 10.8. The molecule has 0 spiro atoms. The van der Waals surface area contributed by atoms with Crippen LogP contribution in [-0.2, 0) is 0 Å². The highest BCUT2D eigenvalue weighted by Gasteiger charge is 2.10. The maximum atomic E-state index is 13.3. The lowest BCUT2D eigenvalue weighted by atomic mass is 10.1. The molecule has 5 N–H and O–H groups in total. The number of hydrogen-bond acceptors (Lipinski definition) is 4. The summed E-state index contributed by atoms with van der Waals surface area (Å²) in [6.07, 6.45) is 0. The van der Waals surface area contributed by atoms with Crippen molar-refractivity contribution in [1.29, 1.82) is 0 Å². The number of methoxy groups -OCH3 is 1. The van der Waals surface area contributed by atoms with Crippen LogP contribution in [-0.4, -0.2) is 13.0 Å². The van der Waals surface area contributed by atoms with Crippen LogP contribution in [0.3, 0.4) is 0 Å². The lowest BCUT2D eigenvalue weighted by Crippen LogP contribution is -2.13. The Morgan fingerprint density at radius 3 is 2.65 bits per heavy atom. The summed E-state index contributed by atoms with van der Waals surface area (Å²) in [6, 6.07) is 9.02. The number of nitrogens with one attached hydrogen (secondary N) is 1. The zero-order valence-corrected chi connectivity index (χ0v) is 10.8. The van der Waals surface area contributed by atoms with Crippen LogP contribution >= 0.6 is 0 Å². The number of carbonyl (C=O) groups excluding carboxylic acids is 1. The number of carbonyl (C=O) groups is 1. The Labute approximate surface area is 115 Å². The fourth-order valence-corrected chi connectivity index (χ4v) is 1.77. The van der Waals surface area contributed by atoms with Crippen molar-refractivity contribution in [3.63, 3.8) is 0 Å². The van der Waals surface area contributed by atoms with Gasteiger partial charge in [0, 0.05) is 17.4 Å². The molecule has 20 heavy (non-hydrogen) atoms. The Hall–Kier alpha value is -2.76. The topological polar surface area (TPSA) is 90.4 Å². The Kier molecular flexibility index (Phi) is 3.74. The quantitative estimate of drug-likeness (QED) is 0.746.